The summed E-state index contributed by atoms with van der Waals surface area (Å²) in [5.74, 6) is 1.91. The van der Waals surface area contributed by atoms with Gasteiger partial charge in [0.25, 0.3) is 0 Å². The van der Waals surface area contributed by atoms with Gasteiger partial charge in [-0.15, -0.1) is 0 Å². The summed E-state index contributed by atoms with van der Waals surface area (Å²) in [6, 6.07) is 8.93. The van der Waals surface area contributed by atoms with Gasteiger partial charge in [-0.1, -0.05) is 35.8 Å². The van der Waals surface area contributed by atoms with Crippen LogP contribution < -0.4 is 5.32 Å². The normalized spacial score (nSPS) is 25.5. The van der Waals surface area contributed by atoms with Gasteiger partial charge in [0.05, 0.1) is 12.0 Å². The minimum atomic E-state index is 0.273. The van der Waals surface area contributed by atoms with Crippen LogP contribution in [0, 0.1) is 0 Å². The number of hydrogen-bond acceptors (Lipinski definition) is 4. The zero-order valence-corrected chi connectivity index (χ0v) is 12.2. The van der Waals surface area contributed by atoms with Crippen molar-refractivity contribution in [3.05, 3.63) is 47.1 Å². The Hall–Kier alpha value is -1.68. The molecule has 2 aromatic rings. The van der Waals surface area contributed by atoms with Crippen LogP contribution in [-0.2, 0) is 6.42 Å². The van der Waals surface area contributed by atoms with Gasteiger partial charge in [-0.3, -0.25) is 0 Å². The summed E-state index contributed by atoms with van der Waals surface area (Å²) in [5.41, 5.74) is 2.81. The molecule has 2 atom stereocenters. The highest BCUT2D eigenvalue weighted by molar-refractivity contribution is 5.35. The maximum absolute atomic E-state index is 5.61. The first kappa shape index (κ1) is 13.0. The molecule has 1 aliphatic carbocycles. The zero-order valence-electron chi connectivity index (χ0n) is 12.2. The average Bonchev–Trinajstić information content (AvgIpc) is 3.05. The fourth-order valence-electron chi connectivity index (χ4n) is 3.61. The molecule has 21 heavy (non-hydrogen) atoms. The molecule has 0 radical (unpaired) electrons. The number of rotatable bonds is 2. The van der Waals surface area contributed by atoms with Crippen LogP contribution in [0.3, 0.4) is 0 Å². The van der Waals surface area contributed by atoms with Gasteiger partial charge in [0.15, 0.2) is 5.82 Å². The number of fused-ring (bicyclic) bond motifs is 1. The van der Waals surface area contributed by atoms with E-state index in [0.29, 0.717) is 0 Å². The van der Waals surface area contributed by atoms with Crippen molar-refractivity contribution in [3.8, 4) is 0 Å². The zero-order chi connectivity index (χ0) is 14.1. The Bertz CT molecular complexity index is 616. The maximum atomic E-state index is 5.61. The second-order valence-corrected chi connectivity index (χ2v) is 6.14. The topological polar surface area (TPSA) is 51.0 Å². The summed E-state index contributed by atoms with van der Waals surface area (Å²) in [6.07, 6.45) is 7.07. The molecule has 110 valence electrons. The van der Waals surface area contributed by atoms with Crippen LogP contribution in [0.25, 0.3) is 0 Å². The predicted octanol–water partition coefficient (Wildman–Crippen LogP) is 3.35. The van der Waals surface area contributed by atoms with Crippen LogP contribution in [0.15, 0.2) is 28.8 Å². The Kier molecular flexibility index (Phi) is 3.47. The highest BCUT2D eigenvalue weighted by Gasteiger charge is 2.28. The van der Waals surface area contributed by atoms with E-state index in [4.69, 9.17) is 9.51 Å². The summed E-state index contributed by atoms with van der Waals surface area (Å²) in [6.45, 7) is 1.06. The lowest BCUT2D eigenvalue weighted by molar-refractivity contribution is 0.335. The second-order valence-electron chi connectivity index (χ2n) is 6.14. The van der Waals surface area contributed by atoms with Gasteiger partial charge in [0.2, 0.25) is 5.89 Å². The Morgan fingerprint density at radius 3 is 2.95 bits per heavy atom. The lowest BCUT2D eigenvalue weighted by Gasteiger charge is -2.22. The monoisotopic (exact) mass is 283 g/mol. The van der Waals surface area contributed by atoms with E-state index in [1.54, 1.807) is 0 Å². The van der Waals surface area contributed by atoms with Crippen LogP contribution >= 0.6 is 0 Å². The van der Waals surface area contributed by atoms with E-state index in [2.05, 4.69) is 34.7 Å². The van der Waals surface area contributed by atoms with Crippen molar-refractivity contribution in [2.75, 3.05) is 6.54 Å². The molecule has 0 spiro atoms. The van der Waals surface area contributed by atoms with Crippen molar-refractivity contribution in [2.45, 2.75) is 50.5 Å². The quantitative estimate of drug-likeness (QED) is 0.918. The van der Waals surface area contributed by atoms with Crippen molar-refractivity contribution in [3.63, 3.8) is 0 Å². The van der Waals surface area contributed by atoms with Crippen molar-refractivity contribution in [1.29, 1.82) is 0 Å². The molecule has 1 aliphatic heterocycles. The first-order valence-electron chi connectivity index (χ1n) is 8.06. The largest absolute Gasteiger partial charge is 0.339 e. The van der Waals surface area contributed by atoms with Gasteiger partial charge in [0.1, 0.15) is 0 Å². The van der Waals surface area contributed by atoms with Gasteiger partial charge >= 0.3 is 0 Å². The number of nitrogens with zero attached hydrogens (tertiary/aromatic N) is 2. The van der Waals surface area contributed by atoms with Crippen molar-refractivity contribution in [2.24, 2.45) is 0 Å². The molecule has 1 N–H and O–H groups in total. The smallest absolute Gasteiger partial charge is 0.234 e. The van der Waals surface area contributed by atoms with Crippen LogP contribution in [0.2, 0.25) is 0 Å². The third-order valence-corrected chi connectivity index (χ3v) is 4.75. The van der Waals surface area contributed by atoms with Gasteiger partial charge < -0.3 is 9.84 Å². The third kappa shape index (κ3) is 2.48. The molecule has 4 nitrogen and oxygen atoms in total. The summed E-state index contributed by atoms with van der Waals surface area (Å²) in [5, 5.41) is 7.73. The molecule has 0 amide bonds. The fraction of sp³-hybridized carbons (Fsp3) is 0.529. The SMILES string of the molecule is c1ccc2c(c1)CCCC2c1nc(C2CCCCN2)no1. The van der Waals surface area contributed by atoms with Gasteiger partial charge in [0, 0.05) is 0 Å². The lowest BCUT2D eigenvalue weighted by Crippen LogP contribution is -2.27. The van der Waals surface area contributed by atoms with Gasteiger partial charge in [-0.2, -0.15) is 4.98 Å². The number of aryl methyl sites for hydroxylation is 1. The summed E-state index contributed by atoms with van der Waals surface area (Å²) in [7, 11) is 0. The molecular formula is C17H21N3O. The molecule has 2 heterocycles. The number of nitrogens with one attached hydrogen (secondary N) is 1. The summed E-state index contributed by atoms with van der Waals surface area (Å²) >= 11 is 0. The van der Waals surface area contributed by atoms with E-state index in [1.165, 1.54) is 30.4 Å². The average molecular weight is 283 g/mol. The molecule has 1 aromatic carbocycles. The number of piperidine rings is 1. The van der Waals surface area contributed by atoms with Gasteiger partial charge in [-0.25, -0.2) is 0 Å². The number of aromatic nitrogens is 2. The summed E-state index contributed by atoms with van der Waals surface area (Å²) < 4.78 is 5.61. The maximum Gasteiger partial charge on any atom is 0.234 e. The van der Waals surface area contributed by atoms with Crippen molar-refractivity contribution in [1.82, 2.24) is 15.5 Å². The molecule has 4 heteroatoms. The standard InChI is InChI=1S/C17H21N3O/c1-2-8-13-12(6-1)7-5-9-14(13)17-19-16(20-21-17)15-10-3-4-11-18-15/h1-2,6,8,14-15,18H,3-5,7,9-11H2. The Morgan fingerprint density at radius 2 is 2.05 bits per heavy atom. The second kappa shape index (κ2) is 5.60. The van der Waals surface area contributed by atoms with Crippen LogP contribution in [0.5, 0.6) is 0 Å². The highest BCUT2D eigenvalue weighted by Crippen LogP contribution is 2.36. The van der Waals surface area contributed by atoms with Crippen LogP contribution in [0.1, 0.15) is 66.9 Å². The molecule has 2 unspecified atom stereocenters. The first-order chi connectivity index (χ1) is 10.4. The molecule has 2 aliphatic rings. The molecule has 4 rings (SSSR count). The molecule has 1 saturated heterocycles. The minimum absolute atomic E-state index is 0.273. The highest BCUT2D eigenvalue weighted by atomic mass is 16.5. The fourth-order valence-corrected chi connectivity index (χ4v) is 3.61. The Balaban J connectivity index is 1.61. The molecule has 0 bridgehead atoms. The minimum Gasteiger partial charge on any atom is -0.339 e. The molecule has 0 saturated carbocycles. The Labute approximate surface area is 124 Å². The van der Waals surface area contributed by atoms with E-state index < -0.39 is 0 Å². The van der Waals surface area contributed by atoms with Crippen LogP contribution in [0.4, 0.5) is 0 Å². The predicted molar refractivity (Wildman–Crippen MR) is 80.1 cm³/mol. The van der Waals surface area contributed by atoms with E-state index in [1.807, 2.05) is 0 Å². The van der Waals surface area contributed by atoms with E-state index in [9.17, 15) is 0 Å². The Morgan fingerprint density at radius 1 is 1.10 bits per heavy atom. The van der Waals surface area contributed by atoms with E-state index >= 15 is 0 Å². The van der Waals surface area contributed by atoms with Crippen molar-refractivity contribution >= 4 is 0 Å². The van der Waals surface area contributed by atoms with Gasteiger partial charge in [-0.05, 0) is 49.8 Å². The van der Waals surface area contributed by atoms with Crippen LogP contribution in [-0.4, -0.2) is 16.7 Å². The van der Waals surface area contributed by atoms with E-state index in [0.717, 1.165) is 37.5 Å². The molecule has 1 aromatic heterocycles. The van der Waals surface area contributed by atoms with E-state index in [-0.39, 0.29) is 12.0 Å². The third-order valence-electron chi connectivity index (χ3n) is 4.75. The molecule has 1 fully saturated rings. The number of benzene rings is 1. The van der Waals surface area contributed by atoms with Crippen molar-refractivity contribution < 1.29 is 4.52 Å². The summed E-state index contributed by atoms with van der Waals surface area (Å²) in [4.78, 5) is 4.72. The number of hydrogen-bond donors (Lipinski definition) is 1. The molecular weight excluding hydrogens is 262 g/mol. The lowest BCUT2D eigenvalue weighted by atomic mass is 9.83. The first-order valence-corrected chi connectivity index (χ1v) is 8.06.